The van der Waals surface area contributed by atoms with Gasteiger partial charge < -0.3 is 9.58 Å². The van der Waals surface area contributed by atoms with E-state index in [9.17, 15) is 0 Å². The van der Waals surface area contributed by atoms with E-state index in [1.54, 1.807) is 0 Å². The molecule has 2 nitrogen and oxygen atoms in total. The number of ether oxygens (including phenoxy) is 1. The quantitative estimate of drug-likeness (QED) is 0.624. The van der Waals surface area contributed by atoms with Crippen LogP contribution in [0.4, 0.5) is 0 Å². The van der Waals surface area contributed by atoms with E-state index in [0.29, 0.717) is 6.54 Å². The van der Waals surface area contributed by atoms with Gasteiger partial charge in [0.25, 0.3) is 0 Å². The van der Waals surface area contributed by atoms with Crippen molar-refractivity contribution in [3.63, 3.8) is 0 Å². The van der Waals surface area contributed by atoms with Crippen LogP contribution in [0.2, 0.25) is 0 Å². The van der Waals surface area contributed by atoms with Gasteiger partial charge in [0.05, 0.1) is 6.61 Å². The fourth-order valence-electron chi connectivity index (χ4n) is 1.66. The second kappa shape index (κ2) is 3.49. The van der Waals surface area contributed by atoms with Crippen molar-refractivity contribution in [2.45, 2.75) is 12.8 Å². The Morgan fingerprint density at radius 1 is 1.46 bits per heavy atom. The van der Waals surface area contributed by atoms with Crippen LogP contribution in [0.3, 0.4) is 0 Å². The zero-order valence-corrected chi connectivity index (χ0v) is 7.42. The highest BCUT2D eigenvalue weighted by Crippen LogP contribution is 2.29. The summed E-state index contributed by atoms with van der Waals surface area (Å²) in [5.41, 5.74) is 2.48. The molecule has 1 aliphatic rings. The Morgan fingerprint density at radius 2 is 2.38 bits per heavy atom. The van der Waals surface area contributed by atoms with Crippen molar-refractivity contribution in [3.8, 4) is 5.75 Å². The van der Waals surface area contributed by atoms with Gasteiger partial charge >= 0.3 is 0 Å². The molecule has 0 saturated carbocycles. The van der Waals surface area contributed by atoms with Crippen molar-refractivity contribution >= 4 is 0 Å². The van der Waals surface area contributed by atoms with E-state index < -0.39 is 0 Å². The van der Waals surface area contributed by atoms with Gasteiger partial charge in [-0.2, -0.15) is 0 Å². The van der Waals surface area contributed by atoms with Crippen LogP contribution in [0.15, 0.2) is 18.2 Å². The van der Waals surface area contributed by atoms with Gasteiger partial charge in [0.15, 0.2) is 0 Å². The van der Waals surface area contributed by atoms with Gasteiger partial charge in [-0.15, -0.1) is 0 Å². The fourth-order valence-corrected chi connectivity index (χ4v) is 1.66. The molecule has 0 bridgehead atoms. The first-order chi connectivity index (χ1) is 6.42. The first-order valence-corrected chi connectivity index (χ1v) is 4.48. The summed E-state index contributed by atoms with van der Waals surface area (Å²) in [6.45, 7) is 8.08. The molecule has 1 heterocycles. The molecule has 0 saturated heterocycles. The molecule has 1 aliphatic heterocycles. The summed E-state index contributed by atoms with van der Waals surface area (Å²) in [5, 5.41) is 0. The van der Waals surface area contributed by atoms with Crippen LogP contribution in [0.1, 0.15) is 11.1 Å². The first kappa shape index (κ1) is 8.12. The second-order valence-electron chi connectivity index (χ2n) is 3.14. The molecule has 0 N–H and O–H groups in total. The molecule has 0 amide bonds. The minimum atomic E-state index is 0.555. The van der Waals surface area contributed by atoms with Gasteiger partial charge in [0.2, 0.25) is 6.54 Å². The Labute approximate surface area is 78.0 Å². The zero-order valence-electron chi connectivity index (χ0n) is 7.42. The number of fused-ring (bicyclic) bond motifs is 1. The van der Waals surface area contributed by atoms with Crippen LogP contribution in [-0.2, 0) is 12.8 Å². The monoisotopic (exact) mass is 173 g/mol. The molecule has 13 heavy (non-hydrogen) atoms. The number of rotatable bonds is 2. The first-order valence-electron chi connectivity index (χ1n) is 4.48. The minimum Gasteiger partial charge on any atom is -0.493 e. The van der Waals surface area contributed by atoms with E-state index in [-0.39, 0.29) is 0 Å². The maximum atomic E-state index is 6.73. The summed E-state index contributed by atoms with van der Waals surface area (Å²) in [4.78, 5) is 3.35. The number of benzene rings is 1. The SMILES string of the molecule is [C-]#[N+]CCc1cccc2c1OCC2. The lowest BCUT2D eigenvalue weighted by Gasteiger charge is -2.04. The number of para-hydroxylation sites is 1. The van der Waals surface area contributed by atoms with Gasteiger partial charge in [-0.1, -0.05) is 18.2 Å². The lowest BCUT2D eigenvalue weighted by atomic mass is 10.1. The summed E-state index contributed by atoms with van der Waals surface area (Å²) in [6.07, 6.45) is 1.83. The Balaban J connectivity index is 2.26. The van der Waals surface area contributed by atoms with Gasteiger partial charge in [-0.05, 0) is 5.56 Å². The van der Waals surface area contributed by atoms with Crippen molar-refractivity contribution in [3.05, 3.63) is 40.7 Å². The largest absolute Gasteiger partial charge is 0.493 e. The van der Waals surface area contributed by atoms with Gasteiger partial charge in [-0.25, -0.2) is 6.57 Å². The topological polar surface area (TPSA) is 13.6 Å². The lowest BCUT2D eigenvalue weighted by Crippen LogP contribution is -1.93. The van der Waals surface area contributed by atoms with Gasteiger partial charge in [-0.3, -0.25) is 0 Å². The highest BCUT2D eigenvalue weighted by atomic mass is 16.5. The molecule has 1 aromatic rings. The molecule has 2 heteroatoms. The van der Waals surface area contributed by atoms with Crippen molar-refractivity contribution in [1.82, 2.24) is 0 Å². The maximum Gasteiger partial charge on any atom is 0.218 e. The van der Waals surface area contributed by atoms with Gasteiger partial charge in [0.1, 0.15) is 5.75 Å². The number of hydrogen-bond acceptors (Lipinski definition) is 1. The number of hydrogen-bond donors (Lipinski definition) is 0. The van der Waals surface area contributed by atoms with E-state index in [1.807, 2.05) is 6.07 Å². The molecule has 0 spiro atoms. The summed E-state index contributed by atoms with van der Waals surface area (Å²) >= 11 is 0. The van der Waals surface area contributed by atoms with E-state index >= 15 is 0 Å². The van der Waals surface area contributed by atoms with Crippen molar-refractivity contribution in [2.24, 2.45) is 0 Å². The van der Waals surface area contributed by atoms with Crippen LogP contribution in [0.25, 0.3) is 4.85 Å². The van der Waals surface area contributed by atoms with Crippen LogP contribution in [0, 0.1) is 6.57 Å². The molecule has 0 atom stereocenters. The molecule has 0 radical (unpaired) electrons. The average Bonchev–Trinajstić information content (AvgIpc) is 2.62. The molecule has 0 unspecified atom stereocenters. The Hall–Kier alpha value is -1.49. The highest BCUT2D eigenvalue weighted by Gasteiger charge is 2.15. The van der Waals surface area contributed by atoms with Crippen LogP contribution in [-0.4, -0.2) is 13.2 Å². The zero-order chi connectivity index (χ0) is 9.10. The van der Waals surface area contributed by atoms with Crippen molar-refractivity contribution in [2.75, 3.05) is 13.2 Å². The number of nitrogens with zero attached hydrogens (tertiary/aromatic N) is 1. The minimum absolute atomic E-state index is 0.555. The standard InChI is InChI=1S/C11H11NO/c1-12-7-5-9-3-2-4-10-6-8-13-11(9)10/h2-4H,5-8H2. The third-order valence-corrected chi connectivity index (χ3v) is 2.29. The van der Waals surface area contributed by atoms with Crippen molar-refractivity contribution < 1.29 is 4.74 Å². The summed E-state index contributed by atoms with van der Waals surface area (Å²) < 4.78 is 5.52. The van der Waals surface area contributed by atoms with E-state index in [2.05, 4.69) is 17.0 Å². The van der Waals surface area contributed by atoms with Crippen molar-refractivity contribution in [1.29, 1.82) is 0 Å². The van der Waals surface area contributed by atoms with Crippen LogP contribution in [0.5, 0.6) is 5.75 Å². The summed E-state index contributed by atoms with van der Waals surface area (Å²) in [7, 11) is 0. The Bertz CT molecular complexity index is 352. The molecular weight excluding hydrogens is 162 g/mol. The Kier molecular flexibility index (Phi) is 2.18. The maximum absolute atomic E-state index is 6.73. The highest BCUT2D eigenvalue weighted by molar-refractivity contribution is 5.44. The third kappa shape index (κ3) is 1.50. The summed E-state index contributed by atoms with van der Waals surface area (Å²) in [6, 6.07) is 6.20. The molecule has 66 valence electrons. The molecule has 0 fully saturated rings. The molecule has 0 aromatic heterocycles. The second-order valence-corrected chi connectivity index (χ2v) is 3.14. The van der Waals surface area contributed by atoms with Crippen LogP contribution < -0.4 is 4.74 Å². The molecule has 0 aliphatic carbocycles. The fraction of sp³-hybridized carbons (Fsp3) is 0.364. The summed E-state index contributed by atoms with van der Waals surface area (Å²) in [5.74, 6) is 1.03. The van der Waals surface area contributed by atoms with E-state index in [4.69, 9.17) is 11.3 Å². The van der Waals surface area contributed by atoms with E-state index in [1.165, 1.54) is 11.1 Å². The Morgan fingerprint density at radius 3 is 3.23 bits per heavy atom. The van der Waals surface area contributed by atoms with E-state index in [0.717, 1.165) is 25.2 Å². The smallest absolute Gasteiger partial charge is 0.218 e. The third-order valence-electron chi connectivity index (χ3n) is 2.29. The van der Waals surface area contributed by atoms with Crippen LogP contribution >= 0.6 is 0 Å². The van der Waals surface area contributed by atoms with Gasteiger partial charge in [0, 0.05) is 18.4 Å². The lowest BCUT2D eigenvalue weighted by molar-refractivity contribution is 0.353. The predicted octanol–water partition coefficient (Wildman–Crippen LogP) is 2.08. The predicted molar refractivity (Wildman–Crippen MR) is 50.8 cm³/mol. The molecule has 2 rings (SSSR count). The molecular formula is C11H11NO. The normalized spacial score (nSPS) is 13.2. The molecule has 1 aromatic carbocycles. The average molecular weight is 173 g/mol.